The average molecular weight is 171 g/mol. The van der Waals surface area contributed by atoms with Crippen LogP contribution >= 0.6 is 11.6 Å². The highest BCUT2D eigenvalue weighted by atomic mass is 35.5. The van der Waals surface area contributed by atoms with Crippen molar-refractivity contribution in [3.63, 3.8) is 0 Å². The smallest absolute Gasteiger partial charge is 0.268 e. The number of allylic oxidation sites excluding steroid dienone is 1. The summed E-state index contributed by atoms with van der Waals surface area (Å²) in [5, 5.41) is 0. The Morgan fingerprint density at radius 1 is 1.44 bits per heavy atom. The summed E-state index contributed by atoms with van der Waals surface area (Å²) < 4.78 is 28.1. The van der Waals surface area contributed by atoms with Crippen LogP contribution in [0.25, 0.3) is 0 Å². The van der Waals surface area contributed by atoms with Gasteiger partial charge >= 0.3 is 0 Å². The summed E-state index contributed by atoms with van der Waals surface area (Å²) >= 11 is 5.17. The molecule has 0 rings (SSSR count). The monoisotopic (exact) mass is 170 g/mol. The van der Waals surface area contributed by atoms with Gasteiger partial charge in [-0.25, -0.2) is 0 Å². The summed E-state index contributed by atoms with van der Waals surface area (Å²) in [6, 6.07) is 0. The van der Waals surface area contributed by atoms with Crippen molar-refractivity contribution in [1.29, 1.82) is 0 Å². The molecule has 0 spiro atoms. The van der Waals surface area contributed by atoms with Gasteiger partial charge in [-0.1, -0.05) is 12.2 Å². The van der Waals surface area contributed by atoms with E-state index in [9.17, 15) is 8.42 Å². The van der Waals surface area contributed by atoms with Crippen molar-refractivity contribution in [2.45, 2.75) is 0 Å². The van der Waals surface area contributed by atoms with Crippen LogP contribution in [-0.4, -0.2) is 24.6 Å². The first kappa shape index (κ1) is 8.94. The van der Waals surface area contributed by atoms with Crippen LogP contribution in [-0.2, 0) is 10.1 Å². The first-order valence-electron chi connectivity index (χ1n) is 2.22. The fraction of sp³-hybridized carbons (Fsp3) is 0.500. The molecule has 0 amide bonds. The molecule has 0 aliphatic heterocycles. The van der Waals surface area contributed by atoms with E-state index in [1.807, 2.05) is 0 Å². The standard InChI is InChI=1S/C4H7ClO3S/c5-3-1-2-4-9(6,7)8/h1-2H,3-4H2,(H,6,7,8)/b2-1+. The average Bonchev–Trinajstić information content (AvgIpc) is 1.63. The largest absolute Gasteiger partial charge is 0.285 e. The summed E-state index contributed by atoms with van der Waals surface area (Å²) in [7, 11) is -3.84. The van der Waals surface area contributed by atoms with E-state index in [-0.39, 0.29) is 11.6 Å². The summed E-state index contributed by atoms with van der Waals surface area (Å²) in [5.41, 5.74) is 0. The minimum atomic E-state index is -3.84. The Balaban J connectivity index is 3.65. The van der Waals surface area contributed by atoms with E-state index < -0.39 is 10.1 Å². The summed E-state index contributed by atoms with van der Waals surface area (Å²) in [4.78, 5) is 0. The molecule has 0 aliphatic carbocycles. The van der Waals surface area contributed by atoms with Crippen molar-refractivity contribution in [2.75, 3.05) is 11.6 Å². The zero-order valence-electron chi connectivity index (χ0n) is 4.62. The summed E-state index contributed by atoms with van der Waals surface area (Å²) in [6.07, 6.45) is 2.75. The molecule has 0 fully saturated rings. The molecule has 0 radical (unpaired) electrons. The lowest BCUT2D eigenvalue weighted by atomic mass is 10.6. The van der Waals surface area contributed by atoms with Crippen molar-refractivity contribution in [3.05, 3.63) is 12.2 Å². The Morgan fingerprint density at radius 3 is 2.33 bits per heavy atom. The molecule has 9 heavy (non-hydrogen) atoms. The van der Waals surface area contributed by atoms with Crippen LogP contribution in [0.15, 0.2) is 12.2 Å². The first-order chi connectivity index (χ1) is 4.06. The normalized spacial score (nSPS) is 12.7. The summed E-state index contributed by atoms with van der Waals surface area (Å²) in [5.74, 6) is -0.102. The minimum absolute atomic E-state index is 0.259. The van der Waals surface area contributed by atoms with E-state index in [0.717, 1.165) is 0 Å². The lowest BCUT2D eigenvalue weighted by Crippen LogP contribution is -2.00. The van der Waals surface area contributed by atoms with E-state index in [1.165, 1.54) is 12.2 Å². The zero-order valence-corrected chi connectivity index (χ0v) is 6.19. The third-order valence-corrected chi connectivity index (χ3v) is 1.35. The second kappa shape index (κ2) is 3.87. The molecule has 1 N–H and O–H groups in total. The second-order valence-electron chi connectivity index (χ2n) is 1.37. The molecule has 54 valence electrons. The van der Waals surface area contributed by atoms with Gasteiger partial charge in [-0.3, -0.25) is 4.55 Å². The lowest BCUT2D eigenvalue weighted by Gasteiger charge is -1.84. The number of rotatable bonds is 3. The SMILES string of the molecule is O=S(=O)(O)C/C=C/CCl. The number of hydrogen-bond acceptors (Lipinski definition) is 2. The van der Waals surface area contributed by atoms with Crippen LogP contribution in [0, 0.1) is 0 Å². The van der Waals surface area contributed by atoms with Crippen molar-refractivity contribution < 1.29 is 13.0 Å². The Hall–Kier alpha value is -0.0600. The Kier molecular flexibility index (Phi) is 3.84. The maximum absolute atomic E-state index is 9.97. The molecule has 0 atom stereocenters. The van der Waals surface area contributed by atoms with Gasteiger partial charge in [-0.2, -0.15) is 8.42 Å². The van der Waals surface area contributed by atoms with Crippen LogP contribution in [0.2, 0.25) is 0 Å². The Bertz CT molecular complexity index is 182. The predicted molar refractivity (Wildman–Crippen MR) is 36.3 cm³/mol. The van der Waals surface area contributed by atoms with Crippen molar-refractivity contribution in [3.8, 4) is 0 Å². The van der Waals surface area contributed by atoms with E-state index >= 15 is 0 Å². The van der Waals surface area contributed by atoms with Crippen LogP contribution in [0.5, 0.6) is 0 Å². The molecule has 0 aromatic rings. The highest BCUT2D eigenvalue weighted by molar-refractivity contribution is 7.85. The van der Waals surface area contributed by atoms with Crippen LogP contribution in [0.1, 0.15) is 0 Å². The van der Waals surface area contributed by atoms with Gasteiger partial charge in [-0.15, -0.1) is 11.6 Å². The molecule has 0 aliphatic rings. The second-order valence-corrected chi connectivity index (χ2v) is 3.18. The van der Waals surface area contributed by atoms with Crippen molar-refractivity contribution in [2.24, 2.45) is 0 Å². The van der Waals surface area contributed by atoms with Crippen LogP contribution in [0.3, 0.4) is 0 Å². The predicted octanol–water partition coefficient (Wildman–Crippen LogP) is 0.669. The van der Waals surface area contributed by atoms with Gasteiger partial charge in [0.1, 0.15) is 0 Å². The molecule has 0 saturated heterocycles. The van der Waals surface area contributed by atoms with Gasteiger partial charge in [-0.05, 0) is 0 Å². The van der Waals surface area contributed by atoms with Crippen molar-refractivity contribution in [1.82, 2.24) is 0 Å². The highest BCUT2D eigenvalue weighted by Crippen LogP contribution is 1.84. The van der Waals surface area contributed by atoms with E-state index in [4.69, 9.17) is 16.2 Å². The molecule has 0 unspecified atom stereocenters. The van der Waals surface area contributed by atoms with Crippen LogP contribution < -0.4 is 0 Å². The maximum Gasteiger partial charge on any atom is 0.268 e. The fourth-order valence-electron chi connectivity index (χ4n) is 0.253. The highest BCUT2D eigenvalue weighted by Gasteiger charge is 1.97. The summed E-state index contributed by atoms with van der Waals surface area (Å²) in [6.45, 7) is 0. The third-order valence-electron chi connectivity index (χ3n) is 0.563. The Labute approximate surface area is 59.1 Å². The lowest BCUT2D eigenvalue weighted by molar-refractivity contribution is 0.486. The van der Waals surface area contributed by atoms with Gasteiger partial charge in [0.2, 0.25) is 0 Å². The molecule has 0 heterocycles. The molecule has 5 heteroatoms. The Morgan fingerprint density at radius 2 is 2.00 bits per heavy atom. The zero-order chi connectivity index (χ0) is 7.33. The topological polar surface area (TPSA) is 54.4 Å². The molecular weight excluding hydrogens is 164 g/mol. The molecule has 0 saturated carbocycles. The quantitative estimate of drug-likeness (QED) is 0.385. The molecular formula is C4H7ClO3S. The molecule has 0 bridgehead atoms. The van der Waals surface area contributed by atoms with E-state index in [0.29, 0.717) is 0 Å². The number of halogens is 1. The van der Waals surface area contributed by atoms with Crippen LogP contribution in [0.4, 0.5) is 0 Å². The van der Waals surface area contributed by atoms with E-state index in [1.54, 1.807) is 0 Å². The van der Waals surface area contributed by atoms with Gasteiger partial charge in [0.25, 0.3) is 10.1 Å². The minimum Gasteiger partial charge on any atom is -0.285 e. The maximum atomic E-state index is 9.97. The molecule has 3 nitrogen and oxygen atoms in total. The number of alkyl halides is 1. The van der Waals surface area contributed by atoms with Gasteiger partial charge < -0.3 is 0 Å². The third kappa shape index (κ3) is 7.94. The van der Waals surface area contributed by atoms with Gasteiger partial charge in [0.05, 0.1) is 5.75 Å². The molecule has 0 aromatic carbocycles. The number of hydrogen-bond donors (Lipinski definition) is 1. The van der Waals surface area contributed by atoms with Crippen molar-refractivity contribution >= 4 is 21.7 Å². The van der Waals surface area contributed by atoms with Gasteiger partial charge in [0.15, 0.2) is 0 Å². The fourth-order valence-corrected chi connectivity index (χ4v) is 0.758. The molecule has 0 aromatic heterocycles. The first-order valence-corrected chi connectivity index (χ1v) is 4.37. The van der Waals surface area contributed by atoms with E-state index in [2.05, 4.69) is 0 Å². The van der Waals surface area contributed by atoms with Gasteiger partial charge in [0, 0.05) is 5.88 Å².